The van der Waals surface area contributed by atoms with Crippen molar-refractivity contribution in [1.29, 1.82) is 0 Å². The molecule has 2 rings (SSSR count). The molecule has 22 heavy (non-hydrogen) atoms. The van der Waals surface area contributed by atoms with Crippen molar-refractivity contribution in [3.63, 3.8) is 0 Å². The number of carbonyl (C=O) groups excluding carboxylic acids is 1. The van der Waals surface area contributed by atoms with Gasteiger partial charge in [-0.1, -0.05) is 28.1 Å². The van der Waals surface area contributed by atoms with Crippen LogP contribution in [0.25, 0.3) is 0 Å². The van der Waals surface area contributed by atoms with Crippen molar-refractivity contribution in [3.05, 3.63) is 58.6 Å². The highest BCUT2D eigenvalue weighted by atomic mass is 79.9. The van der Waals surface area contributed by atoms with Gasteiger partial charge in [-0.25, -0.2) is 4.79 Å². The zero-order valence-corrected chi connectivity index (χ0v) is 14.3. The lowest BCUT2D eigenvalue weighted by Crippen LogP contribution is -2.21. The number of halogens is 1. The normalized spacial score (nSPS) is 9.91. The first-order valence-electron chi connectivity index (χ1n) is 6.70. The van der Waals surface area contributed by atoms with Crippen molar-refractivity contribution >= 4 is 50.6 Å². The van der Waals surface area contributed by atoms with Crippen LogP contribution in [0.15, 0.2) is 53.0 Å². The first-order valence-corrected chi connectivity index (χ1v) is 7.90. The Hall–Kier alpha value is -1.92. The van der Waals surface area contributed by atoms with Crippen LogP contribution >= 0.6 is 28.1 Å². The fourth-order valence-corrected chi connectivity index (χ4v) is 2.29. The predicted octanol–water partition coefficient (Wildman–Crippen LogP) is 4.43. The second-order valence-electron chi connectivity index (χ2n) is 4.35. The van der Waals surface area contributed by atoms with Gasteiger partial charge in [0, 0.05) is 10.2 Å². The van der Waals surface area contributed by atoms with Gasteiger partial charge in [0.25, 0.3) is 0 Å². The Balaban J connectivity index is 2.08. The lowest BCUT2D eigenvalue weighted by molar-refractivity contribution is 0.0527. The Bertz CT molecular complexity index is 674. The molecule has 0 aliphatic heterocycles. The van der Waals surface area contributed by atoms with Crippen molar-refractivity contribution in [2.45, 2.75) is 6.92 Å². The number of hydrogen-bond donors (Lipinski definition) is 2. The van der Waals surface area contributed by atoms with Gasteiger partial charge in [0.15, 0.2) is 5.11 Å². The SMILES string of the molecule is CCOC(=O)c1ccccc1NC(=S)Nc1ccc(Br)cc1. The monoisotopic (exact) mass is 378 g/mol. The third-order valence-corrected chi connectivity index (χ3v) is 3.51. The third kappa shape index (κ3) is 4.54. The van der Waals surface area contributed by atoms with Gasteiger partial charge < -0.3 is 15.4 Å². The summed E-state index contributed by atoms with van der Waals surface area (Å²) in [7, 11) is 0. The van der Waals surface area contributed by atoms with E-state index in [1.165, 1.54) is 0 Å². The number of ether oxygens (including phenoxy) is 1. The topological polar surface area (TPSA) is 50.4 Å². The van der Waals surface area contributed by atoms with E-state index in [-0.39, 0.29) is 5.97 Å². The van der Waals surface area contributed by atoms with E-state index in [1.807, 2.05) is 30.3 Å². The minimum absolute atomic E-state index is 0.328. The van der Waals surface area contributed by atoms with E-state index in [1.54, 1.807) is 25.1 Å². The van der Waals surface area contributed by atoms with Crippen LogP contribution in [0, 0.1) is 0 Å². The molecular weight excluding hydrogens is 364 g/mol. The molecule has 2 N–H and O–H groups in total. The van der Waals surface area contributed by atoms with Gasteiger partial charge in [0.2, 0.25) is 0 Å². The van der Waals surface area contributed by atoms with Gasteiger partial charge in [-0.3, -0.25) is 0 Å². The standard InChI is InChI=1S/C16H15BrN2O2S/c1-2-21-15(20)13-5-3-4-6-14(13)19-16(22)18-12-9-7-11(17)8-10-12/h3-10H,2H2,1H3,(H2,18,19,22). The van der Waals surface area contributed by atoms with E-state index in [2.05, 4.69) is 26.6 Å². The number of carbonyl (C=O) groups is 1. The zero-order chi connectivity index (χ0) is 15.9. The van der Waals surface area contributed by atoms with Crippen LogP contribution in [-0.2, 0) is 4.74 Å². The molecule has 0 aliphatic rings. The highest BCUT2D eigenvalue weighted by Crippen LogP contribution is 2.18. The second-order valence-corrected chi connectivity index (χ2v) is 5.68. The van der Waals surface area contributed by atoms with Crippen molar-refractivity contribution in [2.24, 2.45) is 0 Å². The molecule has 0 fully saturated rings. The van der Waals surface area contributed by atoms with Crippen LogP contribution in [0.3, 0.4) is 0 Å². The van der Waals surface area contributed by atoms with Gasteiger partial charge in [-0.15, -0.1) is 0 Å². The highest BCUT2D eigenvalue weighted by Gasteiger charge is 2.12. The number of benzene rings is 2. The van der Waals surface area contributed by atoms with Gasteiger partial charge in [-0.05, 0) is 55.5 Å². The Morgan fingerprint density at radius 2 is 1.82 bits per heavy atom. The number of hydrogen-bond acceptors (Lipinski definition) is 3. The molecule has 4 nitrogen and oxygen atoms in total. The van der Waals surface area contributed by atoms with Crippen LogP contribution in [-0.4, -0.2) is 17.7 Å². The van der Waals surface area contributed by atoms with E-state index in [0.717, 1.165) is 10.2 Å². The molecule has 0 amide bonds. The number of anilines is 2. The summed E-state index contributed by atoms with van der Waals surface area (Å²) in [6.07, 6.45) is 0. The fourth-order valence-electron chi connectivity index (χ4n) is 1.80. The second kappa shape index (κ2) is 7.91. The summed E-state index contributed by atoms with van der Waals surface area (Å²) in [6.45, 7) is 2.10. The molecular formula is C16H15BrN2O2S. The van der Waals surface area contributed by atoms with E-state index >= 15 is 0 Å². The molecule has 0 unspecified atom stereocenters. The number of para-hydroxylation sites is 1. The summed E-state index contributed by atoms with van der Waals surface area (Å²) in [6, 6.07) is 14.7. The molecule has 0 aliphatic carbocycles. The average molecular weight is 379 g/mol. The summed E-state index contributed by atoms with van der Waals surface area (Å²) in [4.78, 5) is 11.9. The lowest BCUT2D eigenvalue weighted by Gasteiger charge is -2.13. The fraction of sp³-hybridized carbons (Fsp3) is 0.125. The lowest BCUT2D eigenvalue weighted by atomic mass is 10.2. The van der Waals surface area contributed by atoms with Crippen molar-refractivity contribution in [2.75, 3.05) is 17.2 Å². The van der Waals surface area contributed by atoms with E-state index in [0.29, 0.717) is 23.0 Å². The molecule has 0 heterocycles. The Kier molecular flexibility index (Phi) is 5.91. The third-order valence-electron chi connectivity index (χ3n) is 2.77. The Labute approximate surface area is 143 Å². The van der Waals surface area contributed by atoms with E-state index in [4.69, 9.17) is 17.0 Å². The largest absolute Gasteiger partial charge is 0.462 e. The summed E-state index contributed by atoms with van der Waals surface area (Å²) in [5.41, 5.74) is 1.91. The van der Waals surface area contributed by atoms with Gasteiger partial charge in [0.05, 0.1) is 17.9 Å². The highest BCUT2D eigenvalue weighted by molar-refractivity contribution is 9.10. The van der Waals surface area contributed by atoms with Gasteiger partial charge in [-0.2, -0.15) is 0 Å². The van der Waals surface area contributed by atoms with E-state index < -0.39 is 0 Å². The van der Waals surface area contributed by atoms with Crippen LogP contribution < -0.4 is 10.6 Å². The van der Waals surface area contributed by atoms with E-state index in [9.17, 15) is 4.79 Å². The maximum Gasteiger partial charge on any atom is 0.340 e. The van der Waals surface area contributed by atoms with Crippen LogP contribution in [0.1, 0.15) is 17.3 Å². The average Bonchev–Trinajstić information content (AvgIpc) is 2.50. The first kappa shape index (κ1) is 16.5. The molecule has 2 aromatic rings. The number of nitrogens with one attached hydrogen (secondary N) is 2. The maximum absolute atomic E-state index is 11.9. The molecule has 0 atom stereocenters. The molecule has 0 spiro atoms. The smallest absolute Gasteiger partial charge is 0.340 e. The van der Waals surface area contributed by atoms with Gasteiger partial charge >= 0.3 is 5.97 Å². The summed E-state index contributed by atoms with van der Waals surface area (Å²) < 4.78 is 6.02. The molecule has 6 heteroatoms. The molecule has 114 valence electrons. The molecule has 2 aromatic carbocycles. The van der Waals surface area contributed by atoms with Crippen LogP contribution in [0.4, 0.5) is 11.4 Å². The summed E-state index contributed by atoms with van der Waals surface area (Å²) >= 11 is 8.65. The molecule has 0 saturated carbocycles. The number of rotatable bonds is 4. The molecule has 0 saturated heterocycles. The van der Waals surface area contributed by atoms with Crippen molar-refractivity contribution < 1.29 is 9.53 Å². The number of thiocarbonyl (C=S) groups is 1. The Morgan fingerprint density at radius 3 is 2.50 bits per heavy atom. The molecule has 0 radical (unpaired) electrons. The van der Waals surface area contributed by atoms with Crippen LogP contribution in [0.2, 0.25) is 0 Å². The molecule has 0 bridgehead atoms. The van der Waals surface area contributed by atoms with Gasteiger partial charge in [0.1, 0.15) is 0 Å². The quantitative estimate of drug-likeness (QED) is 0.608. The van der Waals surface area contributed by atoms with Crippen molar-refractivity contribution in [1.82, 2.24) is 0 Å². The summed E-state index contributed by atoms with van der Waals surface area (Å²) in [5, 5.41) is 6.49. The van der Waals surface area contributed by atoms with Crippen molar-refractivity contribution in [3.8, 4) is 0 Å². The zero-order valence-electron chi connectivity index (χ0n) is 11.9. The minimum atomic E-state index is -0.378. The predicted molar refractivity (Wildman–Crippen MR) is 96.4 cm³/mol. The summed E-state index contributed by atoms with van der Waals surface area (Å²) in [5.74, 6) is -0.378. The molecule has 0 aromatic heterocycles. The maximum atomic E-state index is 11.9. The minimum Gasteiger partial charge on any atom is -0.462 e. The number of esters is 1. The first-order chi connectivity index (χ1) is 10.6. The van der Waals surface area contributed by atoms with Crippen LogP contribution in [0.5, 0.6) is 0 Å². The Morgan fingerprint density at radius 1 is 1.14 bits per heavy atom.